The van der Waals surface area contributed by atoms with Crippen LogP contribution in [0.5, 0.6) is 0 Å². The number of β-amino-alcohol motifs (C(OH)–C–C–N with tert-alkyl or cyclic N) is 1. The molecule has 0 aromatic heterocycles. The molecule has 1 aliphatic heterocycles. The van der Waals surface area contributed by atoms with Crippen molar-refractivity contribution in [1.29, 1.82) is 0 Å². The van der Waals surface area contributed by atoms with Crippen molar-refractivity contribution in [3.05, 3.63) is 29.3 Å². The maximum atomic E-state index is 12.7. The molecule has 1 aromatic carbocycles. The van der Waals surface area contributed by atoms with Gasteiger partial charge in [0.25, 0.3) is 5.91 Å². The summed E-state index contributed by atoms with van der Waals surface area (Å²) in [6.45, 7) is 3.26. The first-order valence-electron chi connectivity index (χ1n) is 9.17. The first-order valence-corrected chi connectivity index (χ1v) is 10.6. The molecule has 0 radical (unpaired) electrons. The van der Waals surface area contributed by atoms with E-state index in [4.69, 9.17) is 0 Å². The number of rotatable bonds is 6. The summed E-state index contributed by atoms with van der Waals surface area (Å²) in [6.07, 6.45) is 3.32. The molecular weight excluding hydrogens is 390 g/mol. The number of benzene rings is 1. The third-order valence-corrected chi connectivity index (χ3v) is 6.91. The zero-order valence-corrected chi connectivity index (χ0v) is 17.0. The molecule has 0 spiro atoms. The van der Waals surface area contributed by atoms with Gasteiger partial charge in [0, 0.05) is 37.2 Å². The van der Waals surface area contributed by atoms with Crippen LogP contribution >= 0.6 is 12.4 Å². The van der Waals surface area contributed by atoms with Crippen LogP contribution in [0.4, 0.5) is 0 Å². The lowest BCUT2D eigenvalue weighted by Gasteiger charge is -2.16. The summed E-state index contributed by atoms with van der Waals surface area (Å²) in [7, 11) is -3.65. The van der Waals surface area contributed by atoms with Crippen molar-refractivity contribution in [3.63, 3.8) is 0 Å². The fraction of sp³-hybridized carbons (Fsp3) is 0.611. The quantitative estimate of drug-likeness (QED) is 0.551. The van der Waals surface area contributed by atoms with Crippen molar-refractivity contribution < 1.29 is 18.3 Å². The van der Waals surface area contributed by atoms with E-state index < -0.39 is 16.1 Å². The van der Waals surface area contributed by atoms with Crippen LogP contribution in [0.1, 0.15) is 41.6 Å². The highest BCUT2D eigenvalue weighted by Gasteiger charge is 2.27. The molecule has 2 atom stereocenters. The Kier molecular flexibility index (Phi) is 7.64. The Balaban J connectivity index is 0.00000261. The monoisotopic (exact) mass is 417 g/mol. The number of hydrogen-bond donors (Lipinski definition) is 4. The smallest absolute Gasteiger partial charge is 0.251 e. The lowest BCUT2D eigenvalue weighted by Crippen LogP contribution is -2.35. The van der Waals surface area contributed by atoms with E-state index in [2.05, 4.69) is 15.4 Å². The largest absolute Gasteiger partial charge is 0.391 e. The summed E-state index contributed by atoms with van der Waals surface area (Å²) in [5.41, 5.74) is 0.922. The van der Waals surface area contributed by atoms with E-state index in [1.165, 1.54) is 6.07 Å². The van der Waals surface area contributed by atoms with Crippen LogP contribution in [0.3, 0.4) is 0 Å². The summed E-state index contributed by atoms with van der Waals surface area (Å²) < 4.78 is 28.2. The van der Waals surface area contributed by atoms with Crippen molar-refractivity contribution in [3.8, 4) is 0 Å². The van der Waals surface area contributed by atoms with Crippen LogP contribution in [-0.4, -0.2) is 51.2 Å². The van der Waals surface area contributed by atoms with E-state index in [1.54, 1.807) is 19.1 Å². The number of halogens is 1. The summed E-state index contributed by atoms with van der Waals surface area (Å²) in [5.74, 6) is -0.363. The normalized spacial score (nSPS) is 23.2. The summed E-state index contributed by atoms with van der Waals surface area (Å²) >= 11 is 0. The van der Waals surface area contributed by atoms with Crippen LogP contribution in [0.25, 0.3) is 0 Å². The first kappa shape index (κ1) is 22.1. The maximum Gasteiger partial charge on any atom is 0.251 e. The Morgan fingerprint density at radius 1 is 1.26 bits per heavy atom. The van der Waals surface area contributed by atoms with Crippen molar-refractivity contribution in [1.82, 2.24) is 15.4 Å². The second-order valence-corrected chi connectivity index (χ2v) is 8.96. The topological polar surface area (TPSA) is 108 Å². The molecule has 152 valence electrons. The van der Waals surface area contributed by atoms with Crippen molar-refractivity contribution in [2.24, 2.45) is 5.92 Å². The maximum absolute atomic E-state index is 12.7. The Labute approximate surface area is 166 Å². The minimum Gasteiger partial charge on any atom is -0.391 e. The molecule has 9 heteroatoms. The van der Waals surface area contributed by atoms with Gasteiger partial charge < -0.3 is 15.7 Å². The fourth-order valence-corrected chi connectivity index (χ4v) is 5.19. The summed E-state index contributed by atoms with van der Waals surface area (Å²) in [6, 6.07) is 4.70. The molecule has 1 amide bonds. The minimum absolute atomic E-state index is 0. The lowest BCUT2D eigenvalue weighted by molar-refractivity contribution is 0.0927. The number of sulfonamides is 1. The van der Waals surface area contributed by atoms with Gasteiger partial charge in [0.2, 0.25) is 10.0 Å². The van der Waals surface area contributed by atoms with Gasteiger partial charge in [0.15, 0.2) is 0 Å². The second kappa shape index (κ2) is 9.34. The van der Waals surface area contributed by atoms with E-state index in [0.717, 1.165) is 25.7 Å². The highest BCUT2D eigenvalue weighted by atomic mass is 35.5. The van der Waals surface area contributed by atoms with Gasteiger partial charge in [-0.1, -0.05) is 18.9 Å². The third kappa shape index (κ3) is 5.42. The molecule has 7 nitrogen and oxygen atoms in total. The van der Waals surface area contributed by atoms with Crippen molar-refractivity contribution in [2.75, 3.05) is 19.6 Å². The zero-order valence-electron chi connectivity index (χ0n) is 15.4. The molecule has 4 N–H and O–H groups in total. The average molecular weight is 418 g/mol. The van der Waals surface area contributed by atoms with Crippen LogP contribution in [-0.2, 0) is 10.0 Å². The number of hydrogen-bond acceptors (Lipinski definition) is 5. The molecular formula is C18H28ClN3O4S. The number of carbonyl (C=O) groups is 1. The predicted molar refractivity (Wildman–Crippen MR) is 106 cm³/mol. The molecule has 2 fully saturated rings. The summed E-state index contributed by atoms with van der Waals surface area (Å²) in [4.78, 5) is 12.6. The molecule has 1 heterocycles. The van der Waals surface area contributed by atoms with Crippen LogP contribution in [0, 0.1) is 12.8 Å². The Morgan fingerprint density at radius 3 is 2.59 bits per heavy atom. The van der Waals surface area contributed by atoms with Gasteiger partial charge in [0.1, 0.15) is 0 Å². The molecule has 2 unspecified atom stereocenters. The van der Waals surface area contributed by atoms with Gasteiger partial charge in [-0.25, -0.2) is 13.1 Å². The van der Waals surface area contributed by atoms with Gasteiger partial charge in [-0.05, 0) is 37.5 Å². The number of amides is 1. The first-order chi connectivity index (χ1) is 12.4. The number of nitrogens with one attached hydrogen (secondary N) is 3. The van der Waals surface area contributed by atoms with Crippen molar-refractivity contribution >= 4 is 28.3 Å². The number of aliphatic hydroxyl groups excluding tert-OH is 1. The Bertz CT molecular complexity index is 766. The van der Waals surface area contributed by atoms with E-state index in [1.807, 2.05) is 0 Å². The van der Waals surface area contributed by atoms with Gasteiger partial charge in [-0.15, -0.1) is 12.4 Å². The average Bonchev–Trinajstić information content (AvgIpc) is 3.24. The van der Waals surface area contributed by atoms with E-state index >= 15 is 0 Å². The van der Waals surface area contributed by atoms with E-state index in [-0.39, 0.29) is 35.2 Å². The standard InChI is InChI=1S/C18H27N3O4S.ClH/c1-12-6-7-13(18(23)20-10-14-9-19-11-16(14)22)8-17(12)26(24,25)21-15-4-2-3-5-15;/h6-8,14-16,19,21-22H,2-5,9-11H2,1H3,(H,20,23);1H. The predicted octanol–water partition coefficient (Wildman–Crippen LogP) is 0.948. The Hall–Kier alpha value is -1.19. The molecule has 3 rings (SSSR count). The highest BCUT2D eigenvalue weighted by Crippen LogP contribution is 2.22. The molecule has 1 aromatic rings. The summed E-state index contributed by atoms with van der Waals surface area (Å²) in [5, 5.41) is 15.6. The third-order valence-electron chi connectivity index (χ3n) is 5.25. The lowest BCUT2D eigenvalue weighted by atomic mass is 10.1. The number of carbonyl (C=O) groups excluding carboxylic acids is 1. The van der Waals surface area contributed by atoms with Gasteiger partial charge in [0.05, 0.1) is 11.0 Å². The number of aliphatic hydroxyl groups is 1. The molecule has 1 saturated heterocycles. The molecule has 1 saturated carbocycles. The van der Waals surface area contributed by atoms with Gasteiger partial charge in [-0.3, -0.25) is 4.79 Å². The van der Waals surface area contributed by atoms with Gasteiger partial charge >= 0.3 is 0 Å². The molecule has 2 aliphatic rings. The molecule has 27 heavy (non-hydrogen) atoms. The SMILES string of the molecule is Cc1ccc(C(=O)NCC2CNCC2O)cc1S(=O)(=O)NC1CCCC1.Cl. The zero-order chi connectivity index (χ0) is 18.7. The minimum atomic E-state index is -3.65. The van der Waals surface area contributed by atoms with E-state index in [9.17, 15) is 18.3 Å². The number of aryl methyl sites for hydroxylation is 1. The van der Waals surface area contributed by atoms with Crippen LogP contribution < -0.4 is 15.4 Å². The van der Waals surface area contributed by atoms with E-state index in [0.29, 0.717) is 30.8 Å². The Morgan fingerprint density at radius 2 is 1.96 bits per heavy atom. The second-order valence-electron chi connectivity index (χ2n) is 7.28. The van der Waals surface area contributed by atoms with Gasteiger partial charge in [-0.2, -0.15) is 0 Å². The van der Waals surface area contributed by atoms with Crippen LogP contribution in [0.2, 0.25) is 0 Å². The van der Waals surface area contributed by atoms with Crippen LogP contribution in [0.15, 0.2) is 23.1 Å². The van der Waals surface area contributed by atoms with Crippen molar-refractivity contribution in [2.45, 2.75) is 49.6 Å². The molecule has 1 aliphatic carbocycles. The highest BCUT2D eigenvalue weighted by molar-refractivity contribution is 7.89. The fourth-order valence-electron chi connectivity index (χ4n) is 3.61. The molecule has 0 bridgehead atoms.